The standard InChI is InChI=1S/C31H35F3N8O6/c1-3-19-23(39-8-10-40(11-9-39)26(45)22-20(43)4-7-35-25(22)47-2)27(46)42-28(36-24(38-42)18-5-12-48-13-6-18)41(19)14-21(44)37-30-15-29(16-30,17-30)31(32,33)34/h4-5,7H,3,6,8-17H2,1-2H3,(H,35,43)(H,37,44). The van der Waals surface area contributed by atoms with Gasteiger partial charge in [-0.25, -0.2) is 0 Å². The van der Waals surface area contributed by atoms with Crippen LogP contribution in [0.4, 0.5) is 18.9 Å². The molecule has 0 unspecified atom stereocenters. The van der Waals surface area contributed by atoms with Crippen molar-refractivity contribution < 1.29 is 32.2 Å². The highest BCUT2D eigenvalue weighted by Gasteiger charge is 2.79. The number of nitrogens with zero attached hydrogens (tertiary/aromatic N) is 6. The van der Waals surface area contributed by atoms with Gasteiger partial charge in [0.2, 0.25) is 17.6 Å². The van der Waals surface area contributed by atoms with Crippen molar-refractivity contribution >= 4 is 28.9 Å². The van der Waals surface area contributed by atoms with E-state index < -0.39 is 39.9 Å². The Balaban J connectivity index is 1.20. The number of fused-ring (bicyclic) bond motifs is 1. The van der Waals surface area contributed by atoms with Gasteiger partial charge in [-0.1, -0.05) is 13.0 Å². The van der Waals surface area contributed by atoms with Crippen LogP contribution in [0.15, 0.2) is 27.9 Å². The SMILES string of the molecule is CCc1c(N2CCN(C(=O)c3c(OC)[nH]ccc3=O)CC2)c(=O)n2nc(C3=CCOCC3)nc2n1CC(=O)NC12CC(C(F)(F)F)(C1)C2. The summed E-state index contributed by atoms with van der Waals surface area (Å²) >= 11 is 0. The Hall–Kier alpha value is -4.67. The molecule has 5 heterocycles. The summed E-state index contributed by atoms with van der Waals surface area (Å²) in [4.78, 5) is 64.3. The van der Waals surface area contributed by atoms with Gasteiger partial charge < -0.3 is 34.1 Å². The average molecular weight is 673 g/mol. The summed E-state index contributed by atoms with van der Waals surface area (Å²) in [5.41, 5.74) is -2.04. The van der Waals surface area contributed by atoms with Gasteiger partial charge in [0, 0.05) is 44.0 Å². The Morgan fingerprint density at radius 2 is 1.88 bits per heavy atom. The van der Waals surface area contributed by atoms with Crippen molar-refractivity contribution in [1.82, 2.24) is 34.4 Å². The van der Waals surface area contributed by atoms with E-state index in [1.165, 1.54) is 28.8 Å². The van der Waals surface area contributed by atoms with E-state index in [2.05, 4.69) is 20.4 Å². The van der Waals surface area contributed by atoms with Gasteiger partial charge in [-0.05, 0) is 37.7 Å². The Morgan fingerprint density at radius 1 is 1.15 bits per heavy atom. The number of rotatable bonds is 8. The molecule has 2 N–H and O–H groups in total. The van der Waals surface area contributed by atoms with Gasteiger partial charge in [0.1, 0.15) is 17.8 Å². The first-order valence-corrected chi connectivity index (χ1v) is 15.9. The third-order valence-corrected chi connectivity index (χ3v) is 9.97. The van der Waals surface area contributed by atoms with E-state index in [0.717, 1.165) is 5.57 Å². The van der Waals surface area contributed by atoms with E-state index in [0.29, 0.717) is 43.3 Å². The van der Waals surface area contributed by atoms with Crippen molar-refractivity contribution in [2.24, 2.45) is 5.41 Å². The molecule has 8 rings (SSSR count). The monoisotopic (exact) mass is 672 g/mol. The molecule has 5 aliphatic rings. The van der Waals surface area contributed by atoms with Crippen molar-refractivity contribution in [2.75, 3.05) is 51.4 Å². The Bertz CT molecular complexity index is 1940. The zero-order valence-corrected chi connectivity index (χ0v) is 26.5. The van der Waals surface area contributed by atoms with Gasteiger partial charge >= 0.3 is 6.18 Å². The van der Waals surface area contributed by atoms with Crippen LogP contribution in [0.5, 0.6) is 5.88 Å². The third-order valence-electron chi connectivity index (χ3n) is 9.97. The number of hydrogen-bond acceptors (Lipinski definition) is 9. The van der Waals surface area contributed by atoms with Crippen LogP contribution in [0, 0.1) is 5.41 Å². The van der Waals surface area contributed by atoms with Crippen LogP contribution in [0.25, 0.3) is 11.4 Å². The lowest BCUT2D eigenvalue weighted by Gasteiger charge is -2.70. The van der Waals surface area contributed by atoms with E-state index in [9.17, 15) is 32.3 Å². The number of pyridine rings is 1. The molecule has 2 amide bonds. The number of nitrogens with one attached hydrogen (secondary N) is 2. The highest BCUT2D eigenvalue weighted by atomic mass is 19.4. The maximum Gasteiger partial charge on any atom is 0.394 e. The minimum absolute atomic E-state index is 0.0591. The average Bonchev–Trinajstić information content (AvgIpc) is 3.49. The molecule has 256 valence electrons. The molecule has 0 aromatic carbocycles. The summed E-state index contributed by atoms with van der Waals surface area (Å²) in [6, 6.07) is 1.25. The fourth-order valence-electron chi connectivity index (χ4n) is 7.61. The molecule has 2 bridgehead atoms. The fourth-order valence-corrected chi connectivity index (χ4v) is 7.61. The van der Waals surface area contributed by atoms with Crippen molar-refractivity contribution in [1.29, 1.82) is 0 Å². The molecule has 4 fully saturated rings. The zero-order valence-electron chi connectivity index (χ0n) is 26.5. The second kappa shape index (κ2) is 11.5. The number of carbonyl (C=O) groups excluding carboxylic acids is 2. The maximum absolute atomic E-state index is 14.1. The van der Waals surface area contributed by atoms with Gasteiger partial charge in [-0.3, -0.25) is 19.2 Å². The number of aromatic nitrogens is 5. The number of halogens is 3. The van der Waals surface area contributed by atoms with Gasteiger partial charge in [0.15, 0.2) is 11.3 Å². The summed E-state index contributed by atoms with van der Waals surface area (Å²) in [5, 5.41) is 7.37. The van der Waals surface area contributed by atoms with Gasteiger partial charge in [-0.15, -0.1) is 5.10 Å². The van der Waals surface area contributed by atoms with Gasteiger partial charge in [0.05, 0.1) is 31.4 Å². The number of carbonyl (C=O) groups is 2. The lowest BCUT2D eigenvalue weighted by atomic mass is 9.39. The quantitative estimate of drug-likeness (QED) is 0.362. The van der Waals surface area contributed by atoms with Gasteiger partial charge in [-0.2, -0.15) is 22.7 Å². The molecule has 0 radical (unpaired) electrons. The predicted octanol–water partition coefficient (Wildman–Crippen LogP) is 1.52. The van der Waals surface area contributed by atoms with Crippen molar-refractivity contribution in [3.8, 4) is 5.88 Å². The first kappa shape index (κ1) is 31.9. The molecular formula is C31H35F3N8O6. The number of piperazine rings is 1. The van der Waals surface area contributed by atoms with E-state index in [1.807, 2.05) is 17.9 Å². The van der Waals surface area contributed by atoms with Gasteiger partial charge in [0.25, 0.3) is 11.5 Å². The number of methoxy groups -OCH3 is 1. The number of H-pyrrole nitrogens is 1. The minimum Gasteiger partial charge on any atom is -0.482 e. The summed E-state index contributed by atoms with van der Waals surface area (Å²) in [6.07, 6.45) is -0.641. The topological polar surface area (TPSA) is 156 Å². The Kier molecular flexibility index (Phi) is 7.64. The fraction of sp³-hybridized carbons (Fsp3) is 0.548. The minimum atomic E-state index is -4.30. The summed E-state index contributed by atoms with van der Waals surface area (Å²) in [5.74, 6) is -0.451. The molecule has 0 atom stereocenters. The van der Waals surface area contributed by atoms with E-state index >= 15 is 0 Å². The molecule has 14 nitrogen and oxygen atoms in total. The molecule has 48 heavy (non-hydrogen) atoms. The van der Waals surface area contributed by atoms with Crippen LogP contribution in [0.2, 0.25) is 0 Å². The molecule has 0 spiro atoms. The number of aromatic amines is 1. The lowest BCUT2D eigenvalue weighted by Crippen LogP contribution is -2.78. The number of ether oxygens (including phenoxy) is 2. The van der Waals surface area contributed by atoms with Crippen molar-refractivity contribution in [3.05, 3.63) is 56.0 Å². The molecule has 3 aliphatic carbocycles. The molecule has 1 saturated heterocycles. The number of alkyl halides is 3. The highest BCUT2D eigenvalue weighted by molar-refractivity contribution is 5.96. The smallest absolute Gasteiger partial charge is 0.394 e. The van der Waals surface area contributed by atoms with E-state index in [-0.39, 0.29) is 69.2 Å². The van der Waals surface area contributed by atoms with Crippen LogP contribution >= 0.6 is 0 Å². The summed E-state index contributed by atoms with van der Waals surface area (Å²) < 4.78 is 53.7. The number of hydrogen-bond donors (Lipinski definition) is 2. The highest BCUT2D eigenvalue weighted by Crippen LogP contribution is 2.73. The largest absolute Gasteiger partial charge is 0.482 e. The second-order valence-electron chi connectivity index (χ2n) is 12.9. The predicted molar refractivity (Wildman–Crippen MR) is 165 cm³/mol. The normalized spacial score (nSPS) is 23.7. The first-order valence-electron chi connectivity index (χ1n) is 15.9. The number of anilines is 1. The second-order valence-corrected chi connectivity index (χ2v) is 12.9. The summed E-state index contributed by atoms with van der Waals surface area (Å²) in [7, 11) is 1.36. The van der Waals surface area contributed by atoms with Crippen LogP contribution in [-0.2, 0) is 22.5 Å². The van der Waals surface area contributed by atoms with Crippen molar-refractivity contribution in [3.63, 3.8) is 0 Å². The molecule has 2 aliphatic heterocycles. The van der Waals surface area contributed by atoms with E-state index in [4.69, 9.17) is 9.47 Å². The molecular weight excluding hydrogens is 637 g/mol. The zero-order chi connectivity index (χ0) is 34.0. The van der Waals surface area contributed by atoms with Crippen molar-refractivity contribution in [2.45, 2.75) is 57.3 Å². The summed E-state index contributed by atoms with van der Waals surface area (Å²) in [6.45, 7) is 3.25. The number of amides is 2. The molecule has 3 aromatic rings. The van der Waals surface area contributed by atoms with Crippen LogP contribution < -0.4 is 25.9 Å². The third kappa shape index (κ3) is 5.05. The first-order chi connectivity index (χ1) is 22.9. The van der Waals surface area contributed by atoms with Crippen LogP contribution in [-0.4, -0.2) is 99.1 Å². The lowest BCUT2D eigenvalue weighted by molar-refractivity contribution is -0.337. The van der Waals surface area contributed by atoms with Crippen LogP contribution in [0.1, 0.15) is 54.5 Å². The Labute approximate surface area is 271 Å². The Morgan fingerprint density at radius 3 is 2.50 bits per heavy atom. The van der Waals surface area contributed by atoms with E-state index in [1.54, 1.807) is 4.57 Å². The molecule has 17 heteroatoms. The van der Waals surface area contributed by atoms with Crippen LogP contribution in [0.3, 0.4) is 0 Å². The maximum atomic E-state index is 14.1. The molecule has 3 saturated carbocycles. The molecule has 3 aromatic heterocycles.